The van der Waals surface area contributed by atoms with Gasteiger partial charge in [0.05, 0.1) is 19.0 Å². The second kappa shape index (κ2) is 6.38. The number of carbonyl (C=O) groups excluding carboxylic acids is 1. The van der Waals surface area contributed by atoms with Crippen LogP contribution in [0.1, 0.15) is 10.5 Å². The number of hydrogen-bond acceptors (Lipinski definition) is 6. The molecule has 0 fully saturated rings. The number of ether oxygens (including phenoxy) is 1. The summed E-state index contributed by atoms with van der Waals surface area (Å²) in [5, 5.41) is 11.4. The molecule has 8 nitrogen and oxygen atoms in total. The van der Waals surface area contributed by atoms with E-state index < -0.39 is 11.9 Å². The van der Waals surface area contributed by atoms with Crippen molar-refractivity contribution in [2.75, 3.05) is 25.1 Å². The zero-order valence-electron chi connectivity index (χ0n) is 8.92. The van der Waals surface area contributed by atoms with Gasteiger partial charge in [0.1, 0.15) is 12.4 Å². The lowest BCUT2D eigenvalue weighted by Gasteiger charge is -2.05. The number of nitrogens with one attached hydrogen (secondary N) is 1. The SMILES string of the molecule is NC(=O)COCCNc1cnc(C(=O)O)cn1. The van der Waals surface area contributed by atoms with E-state index >= 15 is 0 Å². The summed E-state index contributed by atoms with van der Waals surface area (Å²) in [5.41, 5.74) is 4.74. The molecule has 0 aliphatic rings. The molecule has 0 atom stereocenters. The summed E-state index contributed by atoms with van der Waals surface area (Å²) in [6.45, 7) is 0.561. The first kappa shape index (κ1) is 12.8. The molecule has 0 unspecified atom stereocenters. The smallest absolute Gasteiger partial charge is 0.356 e. The largest absolute Gasteiger partial charge is 0.476 e. The molecule has 0 spiro atoms. The van der Waals surface area contributed by atoms with Crippen LogP contribution in [-0.2, 0) is 9.53 Å². The van der Waals surface area contributed by atoms with Crippen molar-refractivity contribution >= 4 is 17.7 Å². The molecular formula is C9H12N4O4. The fourth-order valence-corrected chi connectivity index (χ4v) is 0.954. The molecular weight excluding hydrogens is 228 g/mol. The summed E-state index contributed by atoms with van der Waals surface area (Å²) in [4.78, 5) is 28.3. The third kappa shape index (κ3) is 4.89. The van der Waals surface area contributed by atoms with Crippen molar-refractivity contribution in [3.8, 4) is 0 Å². The highest BCUT2D eigenvalue weighted by molar-refractivity contribution is 5.84. The lowest BCUT2D eigenvalue weighted by atomic mass is 10.4. The third-order valence-corrected chi connectivity index (χ3v) is 1.67. The third-order valence-electron chi connectivity index (χ3n) is 1.67. The molecule has 1 aromatic rings. The van der Waals surface area contributed by atoms with Crippen LogP contribution in [0.15, 0.2) is 12.4 Å². The summed E-state index contributed by atoms with van der Waals surface area (Å²) in [7, 11) is 0. The van der Waals surface area contributed by atoms with Crippen LogP contribution in [0.25, 0.3) is 0 Å². The minimum absolute atomic E-state index is 0.125. The Morgan fingerprint density at radius 2 is 2.18 bits per heavy atom. The van der Waals surface area contributed by atoms with E-state index in [0.29, 0.717) is 12.4 Å². The van der Waals surface area contributed by atoms with Gasteiger partial charge in [-0.05, 0) is 0 Å². The van der Waals surface area contributed by atoms with E-state index in [1.807, 2.05) is 0 Å². The van der Waals surface area contributed by atoms with Crippen LogP contribution in [0.5, 0.6) is 0 Å². The van der Waals surface area contributed by atoms with Crippen LogP contribution in [0.2, 0.25) is 0 Å². The highest BCUT2D eigenvalue weighted by atomic mass is 16.5. The molecule has 92 valence electrons. The molecule has 0 aliphatic carbocycles. The van der Waals surface area contributed by atoms with Crippen LogP contribution < -0.4 is 11.1 Å². The van der Waals surface area contributed by atoms with Crippen molar-refractivity contribution in [1.82, 2.24) is 9.97 Å². The number of carboxylic acid groups (broad SMARTS) is 1. The summed E-state index contributed by atoms with van der Waals surface area (Å²) in [6, 6.07) is 0. The molecule has 0 saturated heterocycles. The van der Waals surface area contributed by atoms with Crippen molar-refractivity contribution in [2.45, 2.75) is 0 Å². The number of rotatable bonds is 7. The molecule has 1 amide bonds. The van der Waals surface area contributed by atoms with Crippen molar-refractivity contribution in [1.29, 1.82) is 0 Å². The average molecular weight is 240 g/mol. The van der Waals surface area contributed by atoms with E-state index in [1.165, 1.54) is 6.20 Å². The molecule has 1 aromatic heterocycles. The first-order valence-electron chi connectivity index (χ1n) is 4.75. The lowest BCUT2D eigenvalue weighted by Crippen LogP contribution is -2.20. The Morgan fingerprint density at radius 1 is 1.41 bits per heavy atom. The minimum atomic E-state index is -1.13. The van der Waals surface area contributed by atoms with Gasteiger partial charge in [-0.25, -0.2) is 14.8 Å². The number of carbonyl (C=O) groups is 2. The highest BCUT2D eigenvalue weighted by Crippen LogP contribution is 2.00. The molecule has 0 radical (unpaired) electrons. The van der Waals surface area contributed by atoms with E-state index in [0.717, 1.165) is 6.20 Å². The van der Waals surface area contributed by atoms with E-state index in [4.69, 9.17) is 15.6 Å². The molecule has 4 N–H and O–H groups in total. The van der Waals surface area contributed by atoms with Gasteiger partial charge in [0, 0.05) is 6.54 Å². The first-order valence-corrected chi connectivity index (χ1v) is 4.75. The van der Waals surface area contributed by atoms with E-state index in [2.05, 4.69) is 15.3 Å². The predicted molar refractivity (Wildman–Crippen MR) is 57.5 cm³/mol. The maximum absolute atomic E-state index is 10.5. The maximum atomic E-state index is 10.5. The van der Waals surface area contributed by atoms with Gasteiger partial charge in [0.2, 0.25) is 5.91 Å². The highest BCUT2D eigenvalue weighted by Gasteiger charge is 2.04. The number of anilines is 1. The van der Waals surface area contributed by atoms with Gasteiger partial charge in [-0.2, -0.15) is 0 Å². The van der Waals surface area contributed by atoms with Gasteiger partial charge in [-0.15, -0.1) is 0 Å². The Hall–Kier alpha value is -2.22. The Balaban J connectivity index is 2.27. The monoisotopic (exact) mass is 240 g/mol. The van der Waals surface area contributed by atoms with E-state index in [-0.39, 0.29) is 18.9 Å². The number of hydrogen-bond donors (Lipinski definition) is 3. The molecule has 1 rings (SSSR count). The zero-order valence-corrected chi connectivity index (χ0v) is 8.92. The number of amides is 1. The molecule has 0 saturated carbocycles. The van der Waals surface area contributed by atoms with Crippen LogP contribution >= 0.6 is 0 Å². The second-order valence-electron chi connectivity index (χ2n) is 3.04. The molecule has 1 heterocycles. The van der Waals surface area contributed by atoms with Gasteiger partial charge in [0.15, 0.2) is 5.69 Å². The molecule has 8 heteroatoms. The Labute approximate surface area is 96.8 Å². The number of aromatic carboxylic acids is 1. The van der Waals surface area contributed by atoms with Crippen LogP contribution in [0, 0.1) is 0 Å². The summed E-state index contributed by atoms with van der Waals surface area (Å²) < 4.78 is 4.90. The Morgan fingerprint density at radius 3 is 2.71 bits per heavy atom. The number of nitrogens with zero attached hydrogens (tertiary/aromatic N) is 2. The standard InChI is InChI=1S/C9H12N4O4/c10-7(14)5-17-2-1-11-8-4-12-6(3-13-8)9(15)16/h3-4H,1-2,5H2,(H2,10,14)(H,11,13)(H,15,16). The van der Waals surface area contributed by atoms with Gasteiger partial charge >= 0.3 is 5.97 Å². The molecule has 0 aliphatic heterocycles. The van der Waals surface area contributed by atoms with E-state index in [9.17, 15) is 9.59 Å². The average Bonchev–Trinajstić information content (AvgIpc) is 2.29. The summed E-state index contributed by atoms with van der Waals surface area (Å²) in [5.74, 6) is -1.23. The molecule has 0 bridgehead atoms. The van der Waals surface area contributed by atoms with Gasteiger partial charge in [0.25, 0.3) is 0 Å². The number of carboxylic acids is 1. The second-order valence-corrected chi connectivity index (χ2v) is 3.04. The molecule has 0 aromatic carbocycles. The van der Waals surface area contributed by atoms with Gasteiger partial charge in [-0.3, -0.25) is 4.79 Å². The first-order chi connectivity index (χ1) is 8.09. The fourth-order valence-electron chi connectivity index (χ4n) is 0.954. The number of aromatic nitrogens is 2. The fraction of sp³-hybridized carbons (Fsp3) is 0.333. The quantitative estimate of drug-likeness (QED) is 0.526. The van der Waals surface area contributed by atoms with Gasteiger partial charge < -0.3 is 20.9 Å². The van der Waals surface area contributed by atoms with Crippen LogP contribution in [-0.4, -0.2) is 46.7 Å². The van der Waals surface area contributed by atoms with Crippen molar-refractivity contribution in [2.24, 2.45) is 5.73 Å². The Bertz CT molecular complexity index is 392. The van der Waals surface area contributed by atoms with Crippen LogP contribution in [0.4, 0.5) is 5.82 Å². The topological polar surface area (TPSA) is 127 Å². The minimum Gasteiger partial charge on any atom is -0.476 e. The van der Waals surface area contributed by atoms with Crippen molar-refractivity contribution in [3.05, 3.63) is 18.1 Å². The number of primary amides is 1. The normalized spacial score (nSPS) is 9.88. The number of nitrogens with two attached hydrogens (primary N) is 1. The van der Waals surface area contributed by atoms with E-state index in [1.54, 1.807) is 0 Å². The van der Waals surface area contributed by atoms with Crippen molar-refractivity contribution in [3.63, 3.8) is 0 Å². The van der Waals surface area contributed by atoms with Crippen molar-refractivity contribution < 1.29 is 19.4 Å². The summed E-state index contributed by atoms with van der Waals surface area (Å²) >= 11 is 0. The van der Waals surface area contributed by atoms with Gasteiger partial charge in [-0.1, -0.05) is 0 Å². The Kier molecular flexibility index (Phi) is 4.82. The maximum Gasteiger partial charge on any atom is 0.356 e. The summed E-state index contributed by atoms with van der Waals surface area (Å²) in [6.07, 6.45) is 2.45. The predicted octanol–water partition coefficient (Wildman–Crippen LogP) is -0.911. The lowest BCUT2D eigenvalue weighted by molar-refractivity contribution is -0.122. The van der Waals surface area contributed by atoms with Crippen LogP contribution in [0.3, 0.4) is 0 Å². The zero-order chi connectivity index (χ0) is 12.7. The molecule has 17 heavy (non-hydrogen) atoms.